The second-order valence-corrected chi connectivity index (χ2v) is 9.59. The minimum atomic E-state index is -0.742. The SMILES string of the molecule is CC1(C(CCc2ccc3c(c2)CCO3)CC(C#N)(c2ccccc2)c2ccccc2)C=CC=N1. The number of hydrogen-bond acceptors (Lipinski definition) is 3. The number of aliphatic imine (C=N–C) groups is 1. The summed E-state index contributed by atoms with van der Waals surface area (Å²) >= 11 is 0. The summed E-state index contributed by atoms with van der Waals surface area (Å²) in [6.07, 6.45) is 9.72. The van der Waals surface area contributed by atoms with Gasteiger partial charge in [0.15, 0.2) is 0 Å². The van der Waals surface area contributed by atoms with Crippen LogP contribution in [0.25, 0.3) is 0 Å². The first-order valence-electron chi connectivity index (χ1n) is 12.1. The first kappa shape index (κ1) is 22.2. The van der Waals surface area contributed by atoms with Crippen LogP contribution in [0.2, 0.25) is 0 Å². The van der Waals surface area contributed by atoms with Crippen molar-refractivity contribution in [2.45, 2.75) is 43.6 Å². The molecule has 2 unspecified atom stereocenters. The van der Waals surface area contributed by atoms with E-state index >= 15 is 0 Å². The normalized spacial score (nSPS) is 19.4. The summed E-state index contributed by atoms with van der Waals surface area (Å²) in [5.74, 6) is 1.21. The molecule has 2 atom stereocenters. The lowest BCUT2D eigenvalue weighted by atomic mass is 9.65. The van der Waals surface area contributed by atoms with Gasteiger partial charge < -0.3 is 4.74 Å². The summed E-state index contributed by atoms with van der Waals surface area (Å²) in [6.45, 7) is 2.98. The number of hydrogen-bond donors (Lipinski definition) is 0. The lowest BCUT2D eigenvalue weighted by Crippen LogP contribution is -2.38. The van der Waals surface area contributed by atoms with Crippen molar-refractivity contribution < 1.29 is 4.74 Å². The Labute approximate surface area is 202 Å². The zero-order chi connectivity index (χ0) is 23.4. The first-order valence-corrected chi connectivity index (χ1v) is 12.1. The standard InChI is InChI=1S/C31H30N2O/c1-30(18-8-19-33-30)28(15-13-24-14-16-29-25(21-24)17-20-34-29)22-31(23-32,26-9-4-2-5-10-26)27-11-6-3-7-12-27/h2-12,14,16,18-19,21,28H,13,15,17,20,22H2,1H3. The lowest BCUT2D eigenvalue weighted by molar-refractivity contribution is 0.289. The highest BCUT2D eigenvalue weighted by Crippen LogP contribution is 2.44. The van der Waals surface area contributed by atoms with Gasteiger partial charge in [-0.1, -0.05) is 78.9 Å². The highest BCUT2D eigenvalue weighted by Gasteiger charge is 2.42. The molecule has 2 aliphatic rings. The molecule has 3 aromatic carbocycles. The van der Waals surface area contributed by atoms with Crippen molar-refractivity contribution in [2.75, 3.05) is 6.61 Å². The molecule has 2 aliphatic heterocycles. The van der Waals surface area contributed by atoms with Gasteiger partial charge in [0.25, 0.3) is 0 Å². The fourth-order valence-corrected chi connectivity index (χ4v) is 5.46. The van der Waals surface area contributed by atoms with Crippen LogP contribution in [0.15, 0.2) is 96.0 Å². The van der Waals surface area contributed by atoms with Crippen LogP contribution in [-0.4, -0.2) is 18.4 Å². The smallest absolute Gasteiger partial charge is 0.122 e. The van der Waals surface area contributed by atoms with Crippen LogP contribution in [0, 0.1) is 17.2 Å². The van der Waals surface area contributed by atoms with Gasteiger partial charge in [-0.3, -0.25) is 4.99 Å². The molecule has 0 N–H and O–H groups in total. The van der Waals surface area contributed by atoms with Crippen LogP contribution in [0.5, 0.6) is 5.75 Å². The van der Waals surface area contributed by atoms with E-state index in [-0.39, 0.29) is 11.5 Å². The van der Waals surface area contributed by atoms with Crippen LogP contribution >= 0.6 is 0 Å². The fourth-order valence-electron chi connectivity index (χ4n) is 5.46. The molecule has 170 valence electrons. The number of fused-ring (bicyclic) bond motifs is 1. The number of rotatable bonds is 8. The molecule has 0 spiro atoms. The Kier molecular flexibility index (Phi) is 6.07. The third kappa shape index (κ3) is 4.17. The van der Waals surface area contributed by atoms with E-state index in [1.807, 2.05) is 48.7 Å². The van der Waals surface area contributed by atoms with Crippen LogP contribution < -0.4 is 4.74 Å². The van der Waals surface area contributed by atoms with E-state index in [9.17, 15) is 5.26 Å². The summed E-state index contributed by atoms with van der Waals surface area (Å²) in [7, 11) is 0. The van der Waals surface area contributed by atoms with Gasteiger partial charge in [0.2, 0.25) is 0 Å². The van der Waals surface area contributed by atoms with E-state index < -0.39 is 5.41 Å². The minimum absolute atomic E-state index is 0.187. The summed E-state index contributed by atoms with van der Waals surface area (Å²) in [5.41, 5.74) is 3.64. The van der Waals surface area contributed by atoms with Crippen LogP contribution in [0.4, 0.5) is 0 Å². The minimum Gasteiger partial charge on any atom is -0.493 e. The number of nitrogens with zero attached hydrogens (tertiary/aromatic N) is 2. The zero-order valence-electron chi connectivity index (χ0n) is 19.7. The van der Waals surface area contributed by atoms with Crippen molar-refractivity contribution in [3.8, 4) is 11.8 Å². The van der Waals surface area contributed by atoms with Gasteiger partial charge in [0.1, 0.15) is 11.2 Å². The number of ether oxygens (including phenoxy) is 1. The maximum atomic E-state index is 10.7. The van der Waals surface area contributed by atoms with Crippen LogP contribution in [-0.2, 0) is 18.3 Å². The van der Waals surface area contributed by atoms with Crippen molar-refractivity contribution in [3.63, 3.8) is 0 Å². The largest absolute Gasteiger partial charge is 0.493 e. The molecule has 0 bridgehead atoms. The average molecular weight is 447 g/mol. The Morgan fingerprint density at radius 2 is 1.74 bits per heavy atom. The summed E-state index contributed by atoms with van der Waals surface area (Å²) in [5, 5.41) is 10.7. The molecule has 0 saturated heterocycles. The predicted molar refractivity (Wildman–Crippen MR) is 137 cm³/mol. The molecule has 5 rings (SSSR count). The number of aryl methyl sites for hydroxylation is 1. The van der Waals surface area contributed by atoms with E-state index in [0.717, 1.165) is 42.7 Å². The van der Waals surface area contributed by atoms with E-state index in [0.29, 0.717) is 6.42 Å². The Hall–Kier alpha value is -3.64. The van der Waals surface area contributed by atoms with E-state index in [4.69, 9.17) is 9.73 Å². The molecule has 0 saturated carbocycles. The van der Waals surface area contributed by atoms with Gasteiger partial charge in [-0.05, 0) is 66.5 Å². The molecule has 0 amide bonds. The Bertz CT molecular complexity index is 1190. The van der Waals surface area contributed by atoms with Crippen molar-refractivity contribution in [1.82, 2.24) is 0 Å². The lowest BCUT2D eigenvalue weighted by Gasteiger charge is -2.38. The Balaban J connectivity index is 1.50. The van der Waals surface area contributed by atoms with Gasteiger partial charge >= 0.3 is 0 Å². The molecule has 2 heterocycles. The highest BCUT2D eigenvalue weighted by atomic mass is 16.5. The molecule has 0 radical (unpaired) electrons. The summed E-state index contributed by atoms with van der Waals surface area (Å²) < 4.78 is 5.69. The van der Waals surface area contributed by atoms with Gasteiger partial charge in [-0.25, -0.2) is 0 Å². The quantitative estimate of drug-likeness (QED) is 0.398. The van der Waals surface area contributed by atoms with Gasteiger partial charge in [-0.2, -0.15) is 5.26 Å². The number of benzene rings is 3. The maximum absolute atomic E-state index is 10.7. The van der Waals surface area contributed by atoms with Crippen molar-refractivity contribution in [1.29, 1.82) is 5.26 Å². The second-order valence-electron chi connectivity index (χ2n) is 9.59. The second kappa shape index (κ2) is 9.31. The van der Waals surface area contributed by atoms with Crippen molar-refractivity contribution in [2.24, 2.45) is 10.9 Å². The molecule has 3 aromatic rings. The molecule has 3 nitrogen and oxygen atoms in total. The summed E-state index contributed by atoms with van der Waals surface area (Å²) in [4.78, 5) is 4.88. The number of nitriles is 1. The average Bonchev–Trinajstić information content (AvgIpc) is 3.55. The molecule has 0 aliphatic carbocycles. The van der Waals surface area contributed by atoms with Crippen molar-refractivity contribution >= 4 is 6.21 Å². The van der Waals surface area contributed by atoms with Crippen molar-refractivity contribution in [3.05, 3.63) is 113 Å². The van der Waals surface area contributed by atoms with Crippen LogP contribution in [0.1, 0.15) is 42.0 Å². The van der Waals surface area contributed by atoms with Gasteiger partial charge in [-0.15, -0.1) is 0 Å². The zero-order valence-corrected chi connectivity index (χ0v) is 19.7. The van der Waals surface area contributed by atoms with Gasteiger partial charge in [0.05, 0.1) is 18.2 Å². The molecule has 3 heteroatoms. The Morgan fingerprint density at radius 1 is 1.03 bits per heavy atom. The molecule has 34 heavy (non-hydrogen) atoms. The van der Waals surface area contributed by atoms with E-state index in [1.54, 1.807) is 0 Å². The maximum Gasteiger partial charge on any atom is 0.122 e. The molecular weight excluding hydrogens is 416 g/mol. The predicted octanol–water partition coefficient (Wildman–Crippen LogP) is 6.47. The third-order valence-electron chi connectivity index (χ3n) is 7.51. The molecular formula is C31H30N2O. The highest BCUT2D eigenvalue weighted by molar-refractivity contribution is 5.75. The van der Waals surface area contributed by atoms with Crippen LogP contribution in [0.3, 0.4) is 0 Å². The molecule has 0 fully saturated rings. The Morgan fingerprint density at radius 3 is 2.35 bits per heavy atom. The third-order valence-corrected chi connectivity index (χ3v) is 7.51. The summed E-state index contributed by atoms with van der Waals surface area (Å²) in [6, 6.07) is 29.8. The van der Waals surface area contributed by atoms with Gasteiger partial charge in [0, 0.05) is 12.6 Å². The fraction of sp³-hybridized carbons (Fsp3) is 0.290. The topological polar surface area (TPSA) is 45.4 Å². The number of allylic oxidation sites excluding steroid dienone is 1. The first-order chi connectivity index (χ1) is 16.6. The monoisotopic (exact) mass is 446 g/mol. The van der Waals surface area contributed by atoms with E-state index in [1.165, 1.54) is 11.1 Å². The van der Waals surface area contributed by atoms with E-state index in [2.05, 4.69) is 61.5 Å². The molecule has 0 aromatic heterocycles.